The number of nitrogens with one attached hydrogen (secondary N) is 1. The van der Waals surface area contributed by atoms with Crippen LogP contribution in [0, 0.1) is 6.92 Å². The monoisotopic (exact) mass is 239 g/mol. The Morgan fingerprint density at radius 3 is 2.94 bits per heavy atom. The SMILES string of the molecule is CNC1C(=O)N(c2coc(C)n2)CCOC1C. The third-order valence-electron chi connectivity index (χ3n) is 2.89. The summed E-state index contributed by atoms with van der Waals surface area (Å²) in [7, 11) is 1.75. The maximum absolute atomic E-state index is 12.3. The van der Waals surface area contributed by atoms with Gasteiger partial charge in [-0.3, -0.25) is 9.69 Å². The number of ether oxygens (including phenoxy) is 1. The van der Waals surface area contributed by atoms with Crippen LogP contribution in [0.4, 0.5) is 5.82 Å². The number of carbonyl (C=O) groups is 1. The minimum Gasteiger partial charge on any atom is -0.447 e. The number of nitrogens with zero attached hydrogens (tertiary/aromatic N) is 2. The van der Waals surface area contributed by atoms with E-state index in [9.17, 15) is 4.79 Å². The van der Waals surface area contributed by atoms with Crippen molar-refractivity contribution in [1.29, 1.82) is 0 Å². The first-order valence-corrected chi connectivity index (χ1v) is 5.66. The van der Waals surface area contributed by atoms with Crippen LogP contribution in [0.25, 0.3) is 0 Å². The smallest absolute Gasteiger partial charge is 0.248 e. The van der Waals surface area contributed by atoms with E-state index in [1.807, 2.05) is 6.92 Å². The zero-order valence-corrected chi connectivity index (χ0v) is 10.3. The van der Waals surface area contributed by atoms with Crippen LogP contribution in [0.5, 0.6) is 0 Å². The van der Waals surface area contributed by atoms with E-state index in [-0.39, 0.29) is 18.1 Å². The summed E-state index contributed by atoms with van der Waals surface area (Å²) in [6.45, 7) is 4.63. The highest BCUT2D eigenvalue weighted by Gasteiger charge is 2.33. The fourth-order valence-corrected chi connectivity index (χ4v) is 1.97. The van der Waals surface area contributed by atoms with Crippen molar-refractivity contribution in [3.8, 4) is 0 Å². The summed E-state index contributed by atoms with van der Waals surface area (Å²) in [6, 6.07) is -0.352. The standard InChI is InChI=1S/C11H17N3O3/c1-7-10(12-3)11(15)14(4-5-16-7)9-6-17-8(2)13-9/h6-7,10,12H,4-5H2,1-3H3. The van der Waals surface area contributed by atoms with E-state index in [0.29, 0.717) is 24.9 Å². The van der Waals surface area contributed by atoms with E-state index in [2.05, 4.69) is 10.3 Å². The normalized spacial score (nSPS) is 26.1. The molecule has 2 atom stereocenters. The van der Waals surface area contributed by atoms with E-state index >= 15 is 0 Å². The van der Waals surface area contributed by atoms with Crippen molar-refractivity contribution >= 4 is 11.7 Å². The summed E-state index contributed by atoms with van der Waals surface area (Å²) in [5.74, 6) is 1.06. The van der Waals surface area contributed by atoms with Crippen molar-refractivity contribution in [2.75, 3.05) is 25.1 Å². The number of likely N-dealkylation sites (N-methyl/N-ethyl adjacent to an activating group) is 1. The van der Waals surface area contributed by atoms with Gasteiger partial charge < -0.3 is 14.5 Å². The van der Waals surface area contributed by atoms with Crippen molar-refractivity contribution in [2.24, 2.45) is 0 Å². The predicted octanol–water partition coefficient (Wildman–Crippen LogP) is 0.323. The number of oxazole rings is 1. The largest absolute Gasteiger partial charge is 0.447 e. The number of aromatic nitrogens is 1. The molecule has 1 fully saturated rings. The van der Waals surface area contributed by atoms with Gasteiger partial charge >= 0.3 is 0 Å². The predicted molar refractivity (Wildman–Crippen MR) is 61.9 cm³/mol. The number of carbonyl (C=O) groups excluding carboxylic acids is 1. The highest BCUT2D eigenvalue weighted by Crippen LogP contribution is 2.18. The molecule has 1 aromatic rings. The molecule has 2 unspecified atom stereocenters. The Balaban J connectivity index is 2.25. The minimum atomic E-state index is -0.352. The lowest BCUT2D eigenvalue weighted by Gasteiger charge is -2.22. The van der Waals surface area contributed by atoms with E-state index in [1.54, 1.807) is 18.9 Å². The first-order chi connectivity index (χ1) is 8.13. The molecular formula is C11H17N3O3. The van der Waals surface area contributed by atoms with Crippen LogP contribution < -0.4 is 10.2 Å². The Morgan fingerprint density at radius 1 is 1.59 bits per heavy atom. The molecule has 1 aliphatic rings. The second-order valence-electron chi connectivity index (χ2n) is 4.06. The lowest BCUT2D eigenvalue weighted by molar-refractivity contribution is -0.122. The highest BCUT2D eigenvalue weighted by molar-refractivity contribution is 5.96. The maximum atomic E-state index is 12.3. The summed E-state index contributed by atoms with van der Waals surface area (Å²) in [6.07, 6.45) is 1.35. The van der Waals surface area contributed by atoms with Crippen LogP contribution in [0.2, 0.25) is 0 Å². The van der Waals surface area contributed by atoms with Gasteiger partial charge in [-0.05, 0) is 14.0 Å². The third-order valence-corrected chi connectivity index (χ3v) is 2.89. The zero-order chi connectivity index (χ0) is 12.4. The van der Waals surface area contributed by atoms with E-state index < -0.39 is 0 Å². The third kappa shape index (κ3) is 2.32. The summed E-state index contributed by atoms with van der Waals surface area (Å²) >= 11 is 0. The van der Waals surface area contributed by atoms with Crippen molar-refractivity contribution in [1.82, 2.24) is 10.3 Å². The van der Waals surface area contributed by atoms with Crippen LogP contribution in [0.1, 0.15) is 12.8 Å². The lowest BCUT2D eigenvalue weighted by atomic mass is 10.1. The van der Waals surface area contributed by atoms with E-state index in [1.165, 1.54) is 6.26 Å². The molecule has 0 spiro atoms. The minimum absolute atomic E-state index is 0.0363. The van der Waals surface area contributed by atoms with Crippen LogP contribution in [0.3, 0.4) is 0 Å². The quantitative estimate of drug-likeness (QED) is 0.805. The molecule has 1 saturated heterocycles. The fraction of sp³-hybridized carbons (Fsp3) is 0.636. The van der Waals surface area contributed by atoms with Crippen LogP contribution in [-0.4, -0.2) is 43.2 Å². The van der Waals surface area contributed by atoms with Gasteiger partial charge in [0.25, 0.3) is 0 Å². The van der Waals surface area contributed by atoms with Gasteiger partial charge in [-0.25, -0.2) is 0 Å². The molecule has 0 aliphatic carbocycles. The van der Waals surface area contributed by atoms with Gasteiger partial charge in [0.2, 0.25) is 5.91 Å². The van der Waals surface area contributed by atoms with Gasteiger partial charge in [0, 0.05) is 6.92 Å². The van der Waals surface area contributed by atoms with Gasteiger partial charge in [0.1, 0.15) is 12.3 Å². The van der Waals surface area contributed by atoms with E-state index in [0.717, 1.165) is 0 Å². The molecule has 0 saturated carbocycles. The molecule has 6 nitrogen and oxygen atoms in total. The van der Waals surface area contributed by atoms with Gasteiger partial charge in [0.05, 0.1) is 19.3 Å². The average molecular weight is 239 g/mol. The van der Waals surface area contributed by atoms with Gasteiger partial charge in [0.15, 0.2) is 11.7 Å². The molecule has 17 heavy (non-hydrogen) atoms. The molecular weight excluding hydrogens is 222 g/mol. The second kappa shape index (κ2) is 4.85. The molecule has 2 heterocycles. The first kappa shape index (κ1) is 12.1. The van der Waals surface area contributed by atoms with E-state index in [4.69, 9.17) is 9.15 Å². The van der Waals surface area contributed by atoms with Crippen molar-refractivity contribution in [3.63, 3.8) is 0 Å². The summed E-state index contributed by atoms with van der Waals surface area (Å²) < 4.78 is 10.7. The number of hydrogen-bond acceptors (Lipinski definition) is 5. The molecule has 1 aliphatic heterocycles. The molecule has 0 aromatic carbocycles. The van der Waals surface area contributed by atoms with Gasteiger partial charge in [-0.2, -0.15) is 4.98 Å². The average Bonchev–Trinajstić information content (AvgIpc) is 2.65. The summed E-state index contributed by atoms with van der Waals surface area (Å²) in [5, 5.41) is 2.98. The molecule has 94 valence electrons. The number of amides is 1. The van der Waals surface area contributed by atoms with Gasteiger partial charge in [-0.15, -0.1) is 0 Å². The van der Waals surface area contributed by atoms with Crippen LogP contribution in [-0.2, 0) is 9.53 Å². The molecule has 2 rings (SSSR count). The molecule has 6 heteroatoms. The highest BCUT2D eigenvalue weighted by atomic mass is 16.5. The summed E-state index contributed by atoms with van der Waals surface area (Å²) in [4.78, 5) is 18.1. The van der Waals surface area contributed by atoms with Crippen LogP contribution in [0.15, 0.2) is 10.7 Å². The molecule has 1 aromatic heterocycles. The molecule has 1 amide bonds. The molecule has 0 radical (unpaired) electrons. The van der Waals surface area contributed by atoms with Crippen molar-refractivity contribution < 1.29 is 13.9 Å². The first-order valence-electron chi connectivity index (χ1n) is 5.66. The Bertz CT molecular complexity index is 404. The number of anilines is 1. The Kier molecular flexibility index (Phi) is 3.44. The van der Waals surface area contributed by atoms with Crippen molar-refractivity contribution in [2.45, 2.75) is 26.0 Å². The lowest BCUT2D eigenvalue weighted by Crippen LogP contribution is -2.49. The van der Waals surface area contributed by atoms with Gasteiger partial charge in [-0.1, -0.05) is 0 Å². The Labute approximate surface area is 99.9 Å². The Hall–Kier alpha value is -1.40. The number of rotatable bonds is 2. The maximum Gasteiger partial charge on any atom is 0.248 e. The second-order valence-corrected chi connectivity index (χ2v) is 4.06. The summed E-state index contributed by atoms with van der Waals surface area (Å²) in [5.41, 5.74) is 0. The fourth-order valence-electron chi connectivity index (χ4n) is 1.97. The molecule has 1 N–H and O–H groups in total. The van der Waals surface area contributed by atoms with Crippen LogP contribution >= 0.6 is 0 Å². The topological polar surface area (TPSA) is 67.6 Å². The molecule has 0 bridgehead atoms. The zero-order valence-electron chi connectivity index (χ0n) is 10.3. The number of hydrogen-bond donors (Lipinski definition) is 1. The van der Waals surface area contributed by atoms with Crippen molar-refractivity contribution in [3.05, 3.63) is 12.2 Å². The number of aryl methyl sites for hydroxylation is 1. The Morgan fingerprint density at radius 2 is 2.35 bits per heavy atom.